The molecule has 29 heavy (non-hydrogen) atoms. The molecule has 0 radical (unpaired) electrons. The summed E-state index contributed by atoms with van der Waals surface area (Å²) in [6.07, 6.45) is 6.41. The number of nitrogens with one attached hydrogen (secondary N) is 1. The standard InChI is InChI=1S/C22H37N3O2S.HI/c1-4-23-21(24-17-22(2,3)20-9-7-15-28-20)25-12-10-18(11-13-25)27-16-19-8-5-6-14-26-19;/h7,9,15,18-19H,4-6,8,10-14,16-17H2,1-3H3,(H,23,24);1H. The van der Waals surface area contributed by atoms with E-state index in [1.165, 1.54) is 17.7 Å². The number of guanidine groups is 1. The van der Waals surface area contributed by atoms with Crippen molar-refractivity contribution in [3.8, 4) is 0 Å². The highest BCUT2D eigenvalue weighted by atomic mass is 127. The smallest absolute Gasteiger partial charge is 0.193 e. The number of nitrogens with zero attached hydrogens (tertiary/aromatic N) is 2. The molecule has 1 unspecified atom stereocenters. The second-order valence-electron chi connectivity index (χ2n) is 8.54. The fourth-order valence-corrected chi connectivity index (χ4v) is 4.70. The van der Waals surface area contributed by atoms with Gasteiger partial charge in [-0.2, -0.15) is 0 Å². The normalized spacial score (nSPS) is 21.7. The number of hydrogen-bond acceptors (Lipinski definition) is 4. The van der Waals surface area contributed by atoms with Gasteiger partial charge in [0.25, 0.3) is 0 Å². The Labute approximate surface area is 197 Å². The molecule has 3 rings (SSSR count). The van der Waals surface area contributed by atoms with E-state index in [1.807, 2.05) is 11.3 Å². The SMILES string of the molecule is CCNC(=NCC(C)(C)c1cccs1)N1CCC(OCC2CCCCO2)CC1.I. The molecular formula is C22H38IN3O2S. The van der Waals surface area contributed by atoms with Crippen LogP contribution in [0.2, 0.25) is 0 Å². The molecule has 0 saturated carbocycles. The third-order valence-corrected chi connectivity index (χ3v) is 6.92. The van der Waals surface area contributed by atoms with E-state index in [0.29, 0.717) is 12.2 Å². The Morgan fingerprint density at radius 3 is 2.72 bits per heavy atom. The van der Waals surface area contributed by atoms with Crippen LogP contribution in [0.25, 0.3) is 0 Å². The molecule has 1 atom stereocenters. The zero-order valence-electron chi connectivity index (χ0n) is 18.2. The quantitative estimate of drug-likeness (QED) is 0.314. The summed E-state index contributed by atoms with van der Waals surface area (Å²) in [5, 5.41) is 5.64. The number of ether oxygens (including phenoxy) is 2. The first-order valence-corrected chi connectivity index (χ1v) is 11.8. The van der Waals surface area contributed by atoms with E-state index in [4.69, 9.17) is 14.5 Å². The minimum atomic E-state index is 0. The summed E-state index contributed by atoms with van der Waals surface area (Å²) in [4.78, 5) is 8.77. The first-order chi connectivity index (χ1) is 13.6. The number of aliphatic imine (C=N–C) groups is 1. The Kier molecular flexibility index (Phi) is 10.7. The van der Waals surface area contributed by atoms with Crippen molar-refractivity contribution in [3.63, 3.8) is 0 Å². The third kappa shape index (κ3) is 7.67. The van der Waals surface area contributed by atoms with Gasteiger partial charge in [-0.05, 0) is 50.5 Å². The van der Waals surface area contributed by atoms with Crippen LogP contribution in [0.5, 0.6) is 0 Å². The van der Waals surface area contributed by atoms with Crippen LogP contribution in [0.15, 0.2) is 22.5 Å². The molecule has 1 aromatic heterocycles. The van der Waals surface area contributed by atoms with Crippen LogP contribution >= 0.6 is 35.3 Å². The lowest BCUT2D eigenvalue weighted by molar-refractivity contribution is -0.0721. The van der Waals surface area contributed by atoms with Crippen LogP contribution in [0.3, 0.4) is 0 Å². The summed E-state index contributed by atoms with van der Waals surface area (Å²) in [7, 11) is 0. The molecule has 3 heterocycles. The van der Waals surface area contributed by atoms with E-state index in [1.54, 1.807) is 0 Å². The monoisotopic (exact) mass is 535 g/mol. The van der Waals surface area contributed by atoms with Gasteiger partial charge in [-0.3, -0.25) is 4.99 Å². The molecule has 0 spiro atoms. The Morgan fingerprint density at radius 2 is 2.10 bits per heavy atom. The fourth-order valence-electron chi connectivity index (χ4n) is 3.86. The molecule has 0 amide bonds. The van der Waals surface area contributed by atoms with Crippen molar-refractivity contribution >= 4 is 41.3 Å². The van der Waals surface area contributed by atoms with Gasteiger partial charge in [0.05, 0.1) is 25.4 Å². The first-order valence-electron chi connectivity index (χ1n) is 10.9. The minimum absolute atomic E-state index is 0. The Bertz CT molecular complexity index is 595. The predicted octanol–water partition coefficient (Wildman–Crippen LogP) is 4.66. The molecule has 0 aliphatic carbocycles. The lowest BCUT2D eigenvalue weighted by Gasteiger charge is -2.35. The van der Waals surface area contributed by atoms with Crippen molar-refractivity contribution in [2.24, 2.45) is 4.99 Å². The van der Waals surface area contributed by atoms with Gasteiger partial charge in [0.1, 0.15) is 0 Å². The van der Waals surface area contributed by atoms with E-state index in [0.717, 1.165) is 64.6 Å². The largest absolute Gasteiger partial charge is 0.376 e. The Hall–Kier alpha value is -0.380. The average Bonchev–Trinajstić information content (AvgIpc) is 3.27. The summed E-state index contributed by atoms with van der Waals surface area (Å²) in [5.41, 5.74) is 0.0657. The minimum Gasteiger partial charge on any atom is -0.376 e. The number of thiophene rings is 1. The van der Waals surface area contributed by atoms with Crippen LogP contribution in [-0.4, -0.2) is 62.5 Å². The van der Waals surface area contributed by atoms with E-state index < -0.39 is 0 Å². The number of likely N-dealkylation sites (tertiary alicyclic amines) is 1. The lowest BCUT2D eigenvalue weighted by atomic mass is 9.92. The zero-order chi connectivity index (χ0) is 19.8. The molecule has 0 bridgehead atoms. The zero-order valence-corrected chi connectivity index (χ0v) is 21.3. The summed E-state index contributed by atoms with van der Waals surface area (Å²) >= 11 is 1.82. The van der Waals surface area contributed by atoms with Crippen molar-refractivity contribution in [3.05, 3.63) is 22.4 Å². The van der Waals surface area contributed by atoms with Gasteiger partial charge in [0.2, 0.25) is 0 Å². The van der Waals surface area contributed by atoms with Crippen LogP contribution in [0.1, 0.15) is 57.8 Å². The van der Waals surface area contributed by atoms with Gasteiger partial charge in [0, 0.05) is 36.5 Å². The number of rotatable bonds is 7. The number of hydrogen-bond donors (Lipinski definition) is 1. The van der Waals surface area contributed by atoms with Crippen molar-refractivity contribution in [1.82, 2.24) is 10.2 Å². The Balaban J connectivity index is 0.00000300. The van der Waals surface area contributed by atoms with E-state index >= 15 is 0 Å². The Morgan fingerprint density at radius 1 is 1.31 bits per heavy atom. The lowest BCUT2D eigenvalue weighted by Crippen LogP contribution is -2.47. The molecule has 5 nitrogen and oxygen atoms in total. The van der Waals surface area contributed by atoms with Crippen molar-refractivity contribution in [2.45, 2.75) is 70.5 Å². The van der Waals surface area contributed by atoms with Crippen LogP contribution < -0.4 is 5.32 Å². The molecule has 2 saturated heterocycles. The van der Waals surface area contributed by atoms with E-state index in [9.17, 15) is 0 Å². The molecule has 2 fully saturated rings. The summed E-state index contributed by atoms with van der Waals surface area (Å²) in [6, 6.07) is 4.34. The van der Waals surface area contributed by atoms with Gasteiger partial charge in [-0.15, -0.1) is 35.3 Å². The predicted molar refractivity (Wildman–Crippen MR) is 133 cm³/mol. The van der Waals surface area contributed by atoms with Crippen LogP contribution in [-0.2, 0) is 14.9 Å². The first kappa shape index (κ1) is 24.9. The summed E-state index contributed by atoms with van der Waals surface area (Å²) < 4.78 is 12.0. The topological polar surface area (TPSA) is 46.1 Å². The van der Waals surface area contributed by atoms with E-state index in [2.05, 4.69) is 48.5 Å². The average molecular weight is 536 g/mol. The number of halogens is 1. The fraction of sp³-hybridized carbons (Fsp3) is 0.773. The van der Waals surface area contributed by atoms with Crippen LogP contribution in [0.4, 0.5) is 0 Å². The van der Waals surface area contributed by atoms with Crippen LogP contribution in [0, 0.1) is 0 Å². The molecule has 2 aliphatic heterocycles. The molecule has 0 aromatic carbocycles. The molecule has 2 aliphatic rings. The summed E-state index contributed by atoms with van der Waals surface area (Å²) in [5.74, 6) is 1.04. The van der Waals surface area contributed by atoms with Crippen molar-refractivity contribution in [1.29, 1.82) is 0 Å². The van der Waals surface area contributed by atoms with Gasteiger partial charge >= 0.3 is 0 Å². The second-order valence-corrected chi connectivity index (χ2v) is 9.49. The molecule has 7 heteroatoms. The van der Waals surface area contributed by atoms with Crippen molar-refractivity contribution in [2.75, 3.05) is 39.4 Å². The maximum Gasteiger partial charge on any atom is 0.193 e. The maximum atomic E-state index is 6.16. The second kappa shape index (κ2) is 12.5. The molecule has 1 N–H and O–H groups in total. The van der Waals surface area contributed by atoms with Gasteiger partial charge in [-0.25, -0.2) is 0 Å². The van der Waals surface area contributed by atoms with Gasteiger partial charge in [-0.1, -0.05) is 19.9 Å². The highest BCUT2D eigenvalue weighted by Crippen LogP contribution is 2.28. The third-order valence-electron chi connectivity index (χ3n) is 5.68. The van der Waals surface area contributed by atoms with Gasteiger partial charge in [0.15, 0.2) is 5.96 Å². The van der Waals surface area contributed by atoms with E-state index in [-0.39, 0.29) is 29.4 Å². The maximum absolute atomic E-state index is 6.16. The molecule has 1 aromatic rings. The summed E-state index contributed by atoms with van der Waals surface area (Å²) in [6.45, 7) is 12.0. The molecular weight excluding hydrogens is 497 g/mol. The molecule has 166 valence electrons. The van der Waals surface area contributed by atoms with Crippen molar-refractivity contribution < 1.29 is 9.47 Å². The van der Waals surface area contributed by atoms with Gasteiger partial charge < -0.3 is 19.7 Å². The number of piperidine rings is 1. The highest BCUT2D eigenvalue weighted by Gasteiger charge is 2.25. The highest BCUT2D eigenvalue weighted by molar-refractivity contribution is 14.0.